The molecule has 2 rings (SSSR count). The SMILES string of the molecule is CC(C)[Si](OC1=C[C@@](C)(CO[Si](C)(C)C(C)(C)C)[C@]2(CCC#C[Si](C)(C)C)OC(=O)C=C12)(C(C)C)C(C)C. The fourth-order valence-corrected chi connectivity index (χ4v) is 13.0. The highest BCUT2D eigenvalue weighted by atomic mass is 28.4. The Hall–Kier alpha value is -1.08. The molecule has 0 amide bonds. The average molecular weight is 577 g/mol. The van der Waals surface area contributed by atoms with E-state index in [9.17, 15) is 4.79 Å². The van der Waals surface area contributed by atoms with E-state index in [0.717, 1.165) is 11.3 Å². The quantitative estimate of drug-likeness (QED) is 0.148. The maximum atomic E-state index is 13.0. The van der Waals surface area contributed by atoms with E-state index in [2.05, 4.69) is 120 Å². The molecule has 4 nitrogen and oxygen atoms in total. The molecule has 0 spiro atoms. The van der Waals surface area contributed by atoms with Crippen LogP contribution in [0.3, 0.4) is 0 Å². The first-order valence-electron chi connectivity index (χ1n) is 14.6. The number of ether oxygens (including phenoxy) is 1. The van der Waals surface area contributed by atoms with Gasteiger partial charge in [0.25, 0.3) is 8.32 Å². The first-order valence-corrected chi connectivity index (χ1v) is 23.1. The minimum absolute atomic E-state index is 0.0843. The van der Waals surface area contributed by atoms with Crippen LogP contribution in [0.4, 0.5) is 0 Å². The van der Waals surface area contributed by atoms with Gasteiger partial charge in [-0.25, -0.2) is 4.79 Å². The third-order valence-electron chi connectivity index (χ3n) is 9.21. The van der Waals surface area contributed by atoms with Crippen LogP contribution in [0.5, 0.6) is 0 Å². The second-order valence-corrected chi connectivity index (χ2v) is 30.2. The molecule has 0 N–H and O–H groups in total. The monoisotopic (exact) mass is 576 g/mol. The van der Waals surface area contributed by atoms with E-state index in [1.165, 1.54) is 0 Å². The van der Waals surface area contributed by atoms with E-state index in [1.807, 2.05) is 0 Å². The topological polar surface area (TPSA) is 44.8 Å². The standard InChI is InChI=1S/C31H56O4Si3/c1-23(2)38(24(3)4,25(5)6)35-27-21-30(10,22-33-37(14,15)29(7,8)9)31(26(27)20-28(32)34-31)18-16-17-19-36(11,12)13/h20-21,23-25H,16,18,22H2,1-15H3/t30-,31+/m0/s1. The van der Waals surface area contributed by atoms with Crippen molar-refractivity contribution in [2.75, 3.05) is 6.61 Å². The second kappa shape index (κ2) is 11.1. The van der Waals surface area contributed by atoms with Gasteiger partial charge in [-0.05, 0) is 47.8 Å². The Bertz CT molecular complexity index is 993. The van der Waals surface area contributed by atoms with E-state index >= 15 is 0 Å². The lowest BCUT2D eigenvalue weighted by atomic mass is 9.72. The van der Waals surface area contributed by atoms with Crippen molar-refractivity contribution < 1.29 is 18.4 Å². The molecule has 0 unspecified atom stereocenters. The van der Waals surface area contributed by atoms with Gasteiger partial charge in [-0.15, -0.1) is 11.5 Å². The number of hydrogen-bond donors (Lipinski definition) is 0. The normalized spacial score (nSPS) is 24.3. The molecule has 216 valence electrons. The largest absolute Gasteiger partial charge is 0.543 e. The highest BCUT2D eigenvalue weighted by Crippen LogP contribution is 2.58. The molecule has 0 aromatic rings. The van der Waals surface area contributed by atoms with Gasteiger partial charge >= 0.3 is 5.97 Å². The summed E-state index contributed by atoms with van der Waals surface area (Å²) in [6.07, 6.45) is 5.25. The van der Waals surface area contributed by atoms with Crippen LogP contribution in [-0.4, -0.2) is 42.9 Å². The van der Waals surface area contributed by atoms with Gasteiger partial charge in [0.05, 0.1) is 5.41 Å². The Labute approximate surface area is 237 Å². The van der Waals surface area contributed by atoms with Gasteiger partial charge in [0, 0.05) is 31.1 Å². The van der Waals surface area contributed by atoms with Crippen LogP contribution in [0, 0.1) is 16.9 Å². The summed E-state index contributed by atoms with van der Waals surface area (Å²) in [6, 6.07) is 0. The zero-order valence-electron chi connectivity index (χ0n) is 27.1. The lowest BCUT2D eigenvalue weighted by Crippen LogP contribution is -2.51. The van der Waals surface area contributed by atoms with Crippen molar-refractivity contribution >= 4 is 30.7 Å². The number of rotatable bonds is 10. The predicted octanol–water partition coefficient (Wildman–Crippen LogP) is 8.99. The summed E-state index contributed by atoms with van der Waals surface area (Å²) in [5.74, 6) is 4.00. The van der Waals surface area contributed by atoms with Gasteiger partial charge in [0.15, 0.2) is 13.9 Å². The number of esters is 1. The van der Waals surface area contributed by atoms with Crippen LogP contribution >= 0.6 is 0 Å². The maximum absolute atomic E-state index is 13.0. The summed E-state index contributed by atoms with van der Waals surface area (Å²) >= 11 is 0. The van der Waals surface area contributed by atoms with Gasteiger partial charge in [-0.3, -0.25) is 0 Å². The van der Waals surface area contributed by atoms with Crippen LogP contribution in [0.2, 0.25) is 54.4 Å². The Kier molecular flexibility index (Phi) is 9.65. The molecule has 0 saturated carbocycles. The maximum Gasteiger partial charge on any atom is 0.332 e. The molecule has 1 aliphatic carbocycles. The van der Waals surface area contributed by atoms with Crippen molar-refractivity contribution in [1.82, 2.24) is 0 Å². The number of carbonyl (C=O) groups excluding carboxylic acids is 1. The Morgan fingerprint density at radius 2 is 1.50 bits per heavy atom. The Morgan fingerprint density at radius 1 is 0.974 bits per heavy atom. The molecule has 0 aromatic carbocycles. The highest BCUT2D eigenvalue weighted by Gasteiger charge is 2.63. The molecular weight excluding hydrogens is 521 g/mol. The molecule has 1 aliphatic heterocycles. The number of fused-ring (bicyclic) bond motifs is 1. The third-order valence-corrected chi connectivity index (χ3v) is 20.6. The van der Waals surface area contributed by atoms with Crippen LogP contribution < -0.4 is 0 Å². The van der Waals surface area contributed by atoms with Crippen LogP contribution in [0.25, 0.3) is 0 Å². The van der Waals surface area contributed by atoms with Gasteiger partial charge in [0.1, 0.15) is 13.8 Å². The number of carbonyl (C=O) groups is 1. The molecule has 0 bridgehead atoms. The molecular formula is C31H56O4Si3. The van der Waals surface area contributed by atoms with Crippen molar-refractivity contribution in [2.24, 2.45) is 5.41 Å². The molecule has 2 atom stereocenters. The van der Waals surface area contributed by atoms with Gasteiger partial charge in [-0.1, -0.05) is 82.0 Å². The van der Waals surface area contributed by atoms with Crippen molar-refractivity contribution in [2.45, 2.75) is 142 Å². The lowest BCUT2D eigenvalue weighted by Gasteiger charge is -2.44. The first-order chi connectivity index (χ1) is 17.0. The summed E-state index contributed by atoms with van der Waals surface area (Å²) in [5, 5.41) is 0.0843. The van der Waals surface area contributed by atoms with Crippen LogP contribution in [0.1, 0.15) is 82.1 Å². The summed E-state index contributed by atoms with van der Waals surface area (Å²) < 4.78 is 20.4. The van der Waals surface area contributed by atoms with E-state index in [4.69, 9.17) is 13.6 Å². The minimum Gasteiger partial charge on any atom is -0.543 e. The summed E-state index contributed by atoms with van der Waals surface area (Å²) in [7, 11) is -5.79. The first kappa shape index (κ1) is 33.1. The smallest absolute Gasteiger partial charge is 0.332 e. The van der Waals surface area contributed by atoms with Crippen molar-refractivity contribution in [3.63, 3.8) is 0 Å². The second-order valence-electron chi connectivity index (χ2n) is 15.3. The average Bonchev–Trinajstić information content (AvgIpc) is 3.17. The molecule has 7 heteroatoms. The van der Waals surface area contributed by atoms with Crippen molar-refractivity contribution in [1.29, 1.82) is 0 Å². The molecule has 0 saturated heterocycles. The predicted molar refractivity (Wildman–Crippen MR) is 169 cm³/mol. The van der Waals surface area contributed by atoms with E-state index in [0.29, 0.717) is 36.1 Å². The summed E-state index contributed by atoms with van der Waals surface area (Å²) in [5.41, 5.74) is 4.31. The number of hydrogen-bond acceptors (Lipinski definition) is 4. The molecule has 38 heavy (non-hydrogen) atoms. The lowest BCUT2D eigenvalue weighted by molar-refractivity contribution is -0.155. The third kappa shape index (κ3) is 6.29. The van der Waals surface area contributed by atoms with Gasteiger partial charge < -0.3 is 13.6 Å². The fraction of sp³-hybridized carbons (Fsp3) is 0.774. The highest BCUT2D eigenvalue weighted by molar-refractivity contribution is 6.83. The molecule has 1 heterocycles. The zero-order chi connectivity index (χ0) is 29.5. The molecule has 0 fully saturated rings. The minimum atomic E-state index is -2.25. The van der Waals surface area contributed by atoms with Crippen LogP contribution in [-0.2, 0) is 18.4 Å². The summed E-state index contributed by atoms with van der Waals surface area (Å²) in [6.45, 7) is 34.6. The molecule has 0 aromatic heterocycles. The molecule has 2 aliphatic rings. The van der Waals surface area contributed by atoms with Crippen molar-refractivity contribution in [3.05, 3.63) is 23.5 Å². The Balaban J connectivity index is 2.64. The fourth-order valence-electron chi connectivity index (χ4n) is 6.04. The van der Waals surface area contributed by atoms with E-state index in [-0.39, 0.29) is 11.0 Å². The Morgan fingerprint density at radius 3 is 1.95 bits per heavy atom. The van der Waals surface area contributed by atoms with Crippen LogP contribution in [0.15, 0.2) is 23.5 Å². The molecule has 0 radical (unpaired) electrons. The van der Waals surface area contributed by atoms with E-state index < -0.39 is 35.7 Å². The van der Waals surface area contributed by atoms with E-state index in [1.54, 1.807) is 6.08 Å². The summed E-state index contributed by atoms with van der Waals surface area (Å²) in [4.78, 5) is 13.0. The van der Waals surface area contributed by atoms with Gasteiger partial charge in [-0.2, -0.15) is 0 Å². The zero-order valence-corrected chi connectivity index (χ0v) is 30.1. The van der Waals surface area contributed by atoms with Gasteiger partial charge in [0.2, 0.25) is 0 Å². The van der Waals surface area contributed by atoms with Crippen molar-refractivity contribution in [3.8, 4) is 11.5 Å².